The van der Waals surface area contributed by atoms with E-state index in [1.807, 2.05) is 11.0 Å². The summed E-state index contributed by atoms with van der Waals surface area (Å²) >= 11 is 0. The van der Waals surface area contributed by atoms with Crippen molar-refractivity contribution in [3.8, 4) is 0 Å². The lowest BCUT2D eigenvalue weighted by atomic mass is 9.75. The minimum Gasteiger partial charge on any atom is -0.337 e. The van der Waals surface area contributed by atoms with Crippen molar-refractivity contribution in [2.75, 3.05) is 13.1 Å². The normalized spacial score (nSPS) is 30.1. The molecule has 2 atom stereocenters. The Labute approximate surface area is 119 Å². The zero-order valence-electron chi connectivity index (χ0n) is 12.0. The fourth-order valence-electron chi connectivity index (χ4n) is 4.00. The summed E-state index contributed by atoms with van der Waals surface area (Å²) < 4.78 is 0. The minimum absolute atomic E-state index is 0.136. The van der Waals surface area contributed by atoms with Gasteiger partial charge >= 0.3 is 0 Å². The second-order valence-corrected chi connectivity index (χ2v) is 6.83. The number of fused-ring (bicyclic) bond motifs is 1. The van der Waals surface area contributed by atoms with E-state index in [-0.39, 0.29) is 5.91 Å². The highest BCUT2D eigenvalue weighted by atomic mass is 16.2. The van der Waals surface area contributed by atoms with Gasteiger partial charge in [-0.15, -0.1) is 0 Å². The van der Waals surface area contributed by atoms with Gasteiger partial charge in [-0.3, -0.25) is 9.89 Å². The highest BCUT2D eigenvalue weighted by Crippen LogP contribution is 2.39. The molecule has 2 heterocycles. The van der Waals surface area contributed by atoms with Gasteiger partial charge in [0.05, 0.1) is 0 Å². The Hall–Kier alpha value is -1.32. The predicted octanol–water partition coefficient (Wildman–Crippen LogP) is 2.94. The second kappa shape index (κ2) is 4.90. The van der Waals surface area contributed by atoms with Crippen LogP contribution >= 0.6 is 0 Å². The molecule has 1 aromatic rings. The lowest BCUT2D eigenvalue weighted by molar-refractivity contribution is 0.0515. The first-order valence-corrected chi connectivity index (χ1v) is 8.16. The van der Waals surface area contributed by atoms with Gasteiger partial charge in [-0.1, -0.05) is 19.3 Å². The van der Waals surface area contributed by atoms with E-state index in [1.54, 1.807) is 0 Å². The maximum Gasteiger partial charge on any atom is 0.274 e. The zero-order valence-corrected chi connectivity index (χ0v) is 12.0. The van der Waals surface area contributed by atoms with Crippen molar-refractivity contribution in [3.63, 3.8) is 0 Å². The Kier molecular flexibility index (Phi) is 3.04. The van der Waals surface area contributed by atoms with Crippen molar-refractivity contribution < 1.29 is 4.79 Å². The number of nitrogens with one attached hydrogen (secondary N) is 1. The number of aromatic amines is 1. The van der Waals surface area contributed by atoms with E-state index in [0.717, 1.165) is 30.6 Å². The fraction of sp³-hybridized carbons (Fsp3) is 0.750. The van der Waals surface area contributed by atoms with Crippen molar-refractivity contribution in [1.29, 1.82) is 0 Å². The van der Waals surface area contributed by atoms with E-state index in [0.29, 0.717) is 11.6 Å². The monoisotopic (exact) mass is 273 g/mol. The van der Waals surface area contributed by atoms with Crippen LogP contribution in [-0.2, 0) is 0 Å². The minimum atomic E-state index is 0.136. The smallest absolute Gasteiger partial charge is 0.274 e. The van der Waals surface area contributed by atoms with E-state index < -0.39 is 0 Å². The number of carbonyl (C=O) groups is 1. The Balaban J connectivity index is 1.44. The van der Waals surface area contributed by atoms with E-state index in [2.05, 4.69) is 10.2 Å². The summed E-state index contributed by atoms with van der Waals surface area (Å²) in [7, 11) is 0. The molecule has 1 aliphatic heterocycles. The van der Waals surface area contributed by atoms with Gasteiger partial charge in [0.2, 0.25) is 0 Å². The maximum atomic E-state index is 12.6. The first-order valence-electron chi connectivity index (χ1n) is 8.16. The van der Waals surface area contributed by atoms with Crippen molar-refractivity contribution in [3.05, 3.63) is 17.5 Å². The lowest BCUT2D eigenvalue weighted by Gasteiger charge is -2.41. The zero-order chi connectivity index (χ0) is 13.5. The average Bonchev–Trinajstić information content (AvgIpc) is 3.23. The van der Waals surface area contributed by atoms with Crippen LogP contribution in [-0.4, -0.2) is 34.1 Å². The van der Waals surface area contributed by atoms with Crippen LogP contribution in [0.4, 0.5) is 0 Å². The number of hydrogen-bond donors (Lipinski definition) is 1. The van der Waals surface area contributed by atoms with Crippen LogP contribution in [0, 0.1) is 11.8 Å². The predicted molar refractivity (Wildman–Crippen MR) is 76.5 cm³/mol. The number of H-pyrrole nitrogens is 1. The first kappa shape index (κ1) is 12.4. The Bertz CT molecular complexity index is 506. The Morgan fingerprint density at radius 2 is 1.95 bits per heavy atom. The van der Waals surface area contributed by atoms with Gasteiger partial charge in [-0.05, 0) is 43.6 Å². The average molecular weight is 273 g/mol. The van der Waals surface area contributed by atoms with Crippen LogP contribution in [0.1, 0.15) is 67.0 Å². The molecular formula is C16H23N3O. The van der Waals surface area contributed by atoms with Gasteiger partial charge in [-0.2, -0.15) is 5.10 Å². The quantitative estimate of drug-likeness (QED) is 0.900. The van der Waals surface area contributed by atoms with Gasteiger partial charge in [0.15, 0.2) is 0 Å². The molecule has 0 unspecified atom stereocenters. The summed E-state index contributed by atoms with van der Waals surface area (Å²) in [5.41, 5.74) is 1.78. The number of hydrogen-bond acceptors (Lipinski definition) is 2. The summed E-state index contributed by atoms with van der Waals surface area (Å²) in [6, 6.07) is 1.98. The van der Waals surface area contributed by atoms with E-state index in [9.17, 15) is 4.79 Å². The van der Waals surface area contributed by atoms with Crippen LogP contribution in [0.2, 0.25) is 0 Å². The molecule has 20 heavy (non-hydrogen) atoms. The van der Waals surface area contributed by atoms with Gasteiger partial charge in [-0.25, -0.2) is 0 Å². The maximum absolute atomic E-state index is 12.6. The molecule has 0 spiro atoms. The molecule has 4 rings (SSSR count). The highest BCUT2D eigenvalue weighted by molar-refractivity contribution is 5.92. The Morgan fingerprint density at radius 3 is 2.75 bits per heavy atom. The third kappa shape index (κ3) is 2.25. The van der Waals surface area contributed by atoms with Crippen molar-refractivity contribution in [1.82, 2.24) is 15.1 Å². The third-order valence-corrected chi connectivity index (χ3v) is 5.41. The third-order valence-electron chi connectivity index (χ3n) is 5.41. The molecule has 2 saturated carbocycles. The van der Waals surface area contributed by atoms with Gasteiger partial charge in [0.1, 0.15) is 5.69 Å². The number of aromatic nitrogens is 2. The van der Waals surface area contributed by atoms with Crippen LogP contribution in [0.5, 0.6) is 0 Å². The van der Waals surface area contributed by atoms with Gasteiger partial charge < -0.3 is 4.90 Å². The molecule has 4 heteroatoms. The molecule has 0 radical (unpaired) electrons. The molecule has 4 nitrogen and oxygen atoms in total. The number of likely N-dealkylation sites (tertiary alicyclic amines) is 1. The number of piperidine rings is 1. The van der Waals surface area contributed by atoms with Gasteiger partial charge in [0.25, 0.3) is 5.91 Å². The molecule has 3 aliphatic rings. The van der Waals surface area contributed by atoms with Gasteiger partial charge in [0, 0.05) is 24.7 Å². The number of rotatable bonds is 2. The Morgan fingerprint density at radius 1 is 1.15 bits per heavy atom. The van der Waals surface area contributed by atoms with Crippen LogP contribution < -0.4 is 0 Å². The van der Waals surface area contributed by atoms with Crippen molar-refractivity contribution in [2.24, 2.45) is 11.8 Å². The van der Waals surface area contributed by atoms with Crippen LogP contribution in [0.25, 0.3) is 0 Å². The molecule has 0 bridgehead atoms. The molecule has 1 amide bonds. The number of carbonyl (C=O) groups excluding carboxylic acids is 1. The largest absolute Gasteiger partial charge is 0.337 e. The van der Waals surface area contributed by atoms with E-state index in [4.69, 9.17) is 0 Å². The molecular weight excluding hydrogens is 250 g/mol. The topological polar surface area (TPSA) is 49.0 Å². The lowest BCUT2D eigenvalue weighted by Crippen LogP contribution is -2.44. The van der Waals surface area contributed by atoms with E-state index in [1.165, 1.54) is 44.9 Å². The summed E-state index contributed by atoms with van der Waals surface area (Å²) in [6.45, 7) is 1.88. The molecule has 2 aliphatic carbocycles. The summed E-state index contributed by atoms with van der Waals surface area (Å²) in [5.74, 6) is 2.38. The van der Waals surface area contributed by atoms with Crippen molar-refractivity contribution in [2.45, 2.75) is 50.9 Å². The first-order chi connectivity index (χ1) is 9.81. The molecule has 1 N–H and O–H groups in total. The molecule has 1 saturated heterocycles. The summed E-state index contributed by atoms with van der Waals surface area (Å²) in [6.07, 6.45) is 9.09. The molecule has 108 valence electrons. The van der Waals surface area contributed by atoms with Crippen molar-refractivity contribution >= 4 is 5.91 Å². The van der Waals surface area contributed by atoms with Crippen LogP contribution in [0.15, 0.2) is 6.07 Å². The van der Waals surface area contributed by atoms with E-state index >= 15 is 0 Å². The summed E-state index contributed by atoms with van der Waals surface area (Å²) in [5, 5.41) is 7.29. The summed E-state index contributed by atoms with van der Waals surface area (Å²) in [4.78, 5) is 14.6. The standard InChI is InChI=1S/C16H23N3O/c20-16(15-9-14(17-18-15)12-5-6-12)19-8-7-11-3-1-2-4-13(11)10-19/h9,11-13H,1-8,10H2,(H,17,18)/t11-,13+/m0/s1. The number of nitrogens with zero attached hydrogens (tertiary/aromatic N) is 2. The second-order valence-electron chi connectivity index (χ2n) is 6.83. The molecule has 0 aromatic carbocycles. The molecule has 3 fully saturated rings. The van der Waals surface area contributed by atoms with Crippen LogP contribution in [0.3, 0.4) is 0 Å². The number of amides is 1. The molecule has 1 aromatic heterocycles. The fourth-order valence-corrected chi connectivity index (χ4v) is 4.00. The SMILES string of the molecule is O=C(c1cc(C2CC2)[nH]n1)N1CC[C@@H]2CCCC[C@@H]2C1. The highest BCUT2D eigenvalue weighted by Gasteiger charge is 2.34.